The summed E-state index contributed by atoms with van der Waals surface area (Å²) < 4.78 is 16.6. The lowest BCUT2D eigenvalue weighted by atomic mass is 10.1. The summed E-state index contributed by atoms with van der Waals surface area (Å²) in [6, 6.07) is 11.6. The van der Waals surface area contributed by atoms with Gasteiger partial charge in [0.1, 0.15) is 29.7 Å². The SMILES string of the molecule is CC[C@H]1COC(=O)N1c1nc(C)nc(N[C@@H](C)c2ccc(Oc3ccc(OC)c(C)c3)c(C)c2)n1. The number of aromatic nitrogens is 3. The Balaban J connectivity index is 1.50. The number of carbonyl (C=O) groups excluding carboxylic acids is 1. The highest BCUT2D eigenvalue weighted by Gasteiger charge is 2.35. The van der Waals surface area contributed by atoms with Gasteiger partial charge in [0.25, 0.3) is 0 Å². The lowest BCUT2D eigenvalue weighted by Gasteiger charge is -2.20. The van der Waals surface area contributed by atoms with Crippen molar-refractivity contribution < 1.29 is 19.0 Å². The van der Waals surface area contributed by atoms with E-state index in [1.54, 1.807) is 14.0 Å². The number of methoxy groups -OCH3 is 1. The summed E-state index contributed by atoms with van der Waals surface area (Å²) in [5.41, 5.74) is 3.06. The lowest BCUT2D eigenvalue weighted by molar-refractivity contribution is 0.178. The Morgan fingerprint density at radius 1 is 1.09 bits per heavy atom. The van der Waals surface area contributed by atoms with Crippen LogP contribution in [-0.4, -0.2) is 40.8 Å². The summed E-state index contributed by atoms with van der Waals surface area (Å²) in [4.78, 5) is 27.0. The summed E-state index contributed by atoms with van der Waals surface area (Å²) in [5.74, 6) is 3.59. The molecule has 1 N–H and O–H groups in total. The highest BCUT2D eigenvalue weighted by Crippen LogP contribution is 2.31. The van der Waals surface area contributed by atoms with Gasteiger partial charge in [-0.3, -0.25) is 0 Å². The monoisotopic (exact) mass is 477 g/mol. The van der Waals surface area contributed by atoms with Crippen LogP contribution in [0, 0.1) is 20.8 Å². The maximum atomic E-state index is 12.2. The van der Waals surface area contributed by atoms with E-state index in [1.165, 1.54) is 4.90 Å². The molecule has 0 spiro atoms. The van der Waals surface area contributed by atoms with Gasteiger partial charge in [-0.15, -0.1) is 0 Å². The molecule has 9 nitrogen and oxygen atoms in total. The fraction of sp³-hybridized carbons (Fsp3) is 0.385. The predicted molar refractivity (Wildman–Crippen MR) is 133 cm³/mol. The second-order valence-electron chi connectivity index (χ2n) is 8.64. The molecule has 0 unspecified atom stereocenters. The molecule has 184 valence electrons. The van der Waals surface area contributed by atoms with E-state index in [4.69, 9.17) is 14.2 Å². The van der Waals surface area contributed by atoms with Crippen LogP contribution in [0.25, 0.3) is 0 Å². The Bertz CT molecular complexity index is 1230. The smallest absolute Gasteiger partial charge is 0.417 e. The minimum absolute atomic E-state index is 0.0840. The normalized spacial score (nSPS) is 16.1. The molecule has 1 amide bonds. The minimum atomic E-state index is -0.431. The third-order valence-corrected chi connectivity index (χ3v) is 6.02. The molecule has 0 radical (unpaired) electrons. The van der Waals surface area contributed by atoms with E-state index in [0.29, 0.717) is 24.3 Å². The van der Waals surface area contributed by atoms with Crippen molar-refractivity contribution in [1.29, 1.82) is 0 Å². The molecule has 0 aliphatic carbocycles. The average Bonchev–Trinajstić information content (AvgIpc) is 3.20. The standard InChI is InChI=1S/C26H31N5O4/c1-7-20-14-34-26(32)31(20)25-29-18(5)28-24(30-25)27-17(4)19-8-10-23(15(2)12-19)35-21-9-11-22(33-6)16(3)13-21/h8-13,17,20H,7,14H2,1-6H3,(H,27,28,29,30)/t17-,20-/m0/s1. The van der Waals surface area contributed by atoms with Crippen molar-refractivity contribution in [3.8, 4) is 17.2 Å². The zero-order valence-electron chi connectivity index (χ0n) is 21.0. The van der Waals surface area contributed by atoms with E-state index in [1.807, 2.05) is 58.0 Å². The molecule has 1 aliphatic rings. The van der Waals surface area contributed by atoms with Gasteiger partial charge in [0.05, 0.1) is 19.2 Å². The summed E-state index contributed by atoms with van der Waals surface area (Å²) in [5, 5.41) is 3.33. The van der Waals surface area contributed by atoms with E-state index >= 15 is 0 Å². The van der Waals surface area contributed by atoms with Crippen molar-refractivity contribution in [3.05, 3.63) is 58.9 Å². The van der Waals surface area contributed by atoms with Gasteiger partial charge in [-0.1, -0.05) is 19.1 Å². The predicted octanol–water partition coefficient (Wildman–Crippen LogP) is 5.51. The maximum Gasteiger partial charge on any atom is 0.417 e. The van der Waals surface area contributed by atoms with Crippen molar-refractivity contribution in [1.82, 2.24) is 15.0 Å². The number of ether oxygens (including phenoxy) is 3. The number of hydrogen-bond donors (Lipinski definition) is 1. The van der Waals surface area contributed by atoms with Crippen molar-refractivity contribution in [3.63, 3.8) is 0 Å². The number of amides is 1. The fourth-order valence-electron chi connectivity index (χ4n) is 4.02. The van der Waals surface area contributed by atoms with Crippen molar-refractivity contribution >= 4 is 18.0 Å². The van der Waals surface area contributed by atoms with Crippen LogP contribution in [0.2, 0.25) is 0 Å². The molecule has 1 saturated heterocycles. The van der Waals surface area contributed by atoms with E-state index in [9.17, 15) is 4.79 Å². The highest BCUT2D eigenvalue weighted by atomic mass is 16.6. The van der Waals surface area contributed by atoms with E-state index in [-0.39, 0.29) is 12.1 Å². The number of rotatable bonds is 8. The number of cyclic esters (lactones) is 1. The number of carbonyl (C=O) groups is 1. The van der Waals surface area contributed by atoms with Gasteiger partial charge in [0.2, 0.25) is 11.9 Å². The van der Waals surface area contributed by atoms with Gasteiger partial charge in [-0.2, -0.15) is 15.0 Å². The summed E-state index contributed by atoms with van der Waals surface area (Å²) in [6.45, 7) is 10.1. The molecular weight excluding hydrogens is 446 g/mol. The average molecular weight is 478 g/mol. The number of benzene rings is 2. The lowest BCUT2D eigenvalue weighted by Crippen LogP contribution is -2.34. The topological polar surface area (TPSA) is 98.7 Å². The van der Waals surface area contributed by atoms with E-state index in [0.717, 1.165) is 40.4 Å². The van der Waals surface area contributed by atoms with Crippen molar-refractivity contribution in [2.24, 2.45) is 0 Å². The van der Waals surface area contributed by atoms with Gasteiger partial charge in [-0.05, 0) is 75.1 Å². The fourth-order valence-corrected chi connectivity index (χ4v) is 4.02. The number of hydrogen-bond acceptors (Lipinski definition) is 8. The van der Waals surface area contributed by atoms with Gasteiger partial charge < -0.3 is 19.5 Å². The maximum absolute atomic E-state index is 12.2. The Labute approximate surface area is 205 Å². The molecule has 0 saturated carbocycles. The summed E-state index contributed by atoms with van der Waals surface area (Å²) >= 11 is 0. The molecule has 1 aliphatic heterocycles. The van der Waals surface area contributed by atoms with Crippen LogP contribution >= 0.6 is 0 Å². The van der Waals surface area contributed by atoms with Crippen LogP contribution in [0.4, 0.5) is 16.7 Å². The molecule has 0 bridgehead atoms. The summed E-state index contributed by atoms with van der Waals surface area (Å²) in [7, 11) is 1.66. The Morgan fingerprint density at radius 2 is 1.83 bits per heavy atom. The number of aryl methyl sites for hydroxylation is 3. The first-order chi connectivity index (χ1) is 16.8. The Hall–Kier alpha value is -3.88. The molecule has 2 heterocycles. The number of nitrogens with one attached hydrogen (secondary N) is 1. The van der Waals surface area contributed by atoms with Crippen LogP contribution in [0.15, 0.2) is 36.4 Å². The van der Waals surface area contributed by atoms with Gasteiger partial charge in [0, 0.05) is 0 Å². The van der Waals surface area contributed by atoms with Crippen LogP contribution in [0.1, 0.15) is 48.8 Å². The molecule has 1 aromatic heterocycles. The van der Waals surface area contributed by atoms with Crippen molar-refractivity contribution in [2.75, 3.05) is 23.9 Å². The zero-order valence-corrected chi connectivity index (χ0v) is 21.0. The Morgan fingerprint density at radius 3 is 2.51 bits per heavy atom. The highest BCUT2D eigenvalue weighted by molar-refractivity contribution is 5.88. The molecule has 4 rings (SSSR count). The first-order valence-electron chi connectivity index (χ1n) is 11.7. The van der Waals surface area contributed by atoms with Crippen LogP contribution in [0.3, 0.4) is 0 Å². The molecular formula is C26H31N5O4. The second-order valence-corrected chi connectivity index (χ2v) is 8.64. The largest absolute Gasteiger partial charge is 0.496 e. The molecule has 2 aromatic carbocycles. The van der Waals surface area contributed by atoms with Crippen LogP contribution < -0.4 is 19.7 Å². The third kappa shape index (κ3) is 5.29. The molecule has 35 heavy (non-hydrogen) atoms. The van der Waals surface area contributed by atoms with Crippen molar-refractivity contribution in [2.45, 2.75) is 53.1 Å². The third-order valence-electron chi connectivity index (χ3n) is 6.02. The molecule has 3 aromatic rings. The van der Waals surface area contributed by atoms with E-state index in [2.05, 4.69) is 26.3 Å². The quantitative estimate of drug-likeness (QED) is 0.454. The van der Waals surface area contributed by atoms with E-state index < -0.39 is 6.09 Å². The van der Waals surface area contributed by atoms with Gasteiger partial charge >= 0.3 is 6.09 Å². The molecule has 9 heteroatoms. The molecule has 1 fully saturated rings. The number of nitrogens with zero attached hydrogens (tertiary/aromatic N) is 4. The van der Waals surface area contributed by atoms with Crippen LogP contribution in [0.5, 0.6) is 17.2 Å². The zero-order chi connectivity index (χ0) is 25.1. The Kier molecular flexibility index (Phi) is 7.04. The van der Waals surface area contributed by atoms with Crippen LogP contribution in [-0.2, 0) is 4.74 Å². The molecule has 2 atom stereocenters. The summed E-state index contributed by atoms with van der Waals surface area (Å²) in [6.07, 6.45) is 0.319. The number of anilines is 2. The second kappa shape index (κ2) is 10.2. The first-order valence-corrected chi connectivity index (χ1v) is 11.7. The van der Waals surface area contributed by atoms with Gasteiger partial charge in [-0.25, -0.2) is 9.69 Å². The van der Waals surface area contributed by atoms with Gasteiger partial charge in [0.15, 0.2) is 0 Å². The minimum Gasteiger partial charge on any atom is -0.496 e. The first kappa shape index (κ1) is 24.3.